The minimum absolute atomic E-state index is 0.159. The number of nitrogens with one attached hydrogen (secondary N) is 2. The molecule has 1 amide bonds. The Morgan fingerprint density at radius 2 is 2.04 bits per heavy atom. The molecule has 0 bridgehead atoms. The van der Waals surface area contributed by atoms with E-state index in [0.29, 0.717) is 33.4 Å². The quantitative estimate of drug-likeness (QED) is 0.638. The van der Waals surface area contributed by atoms with Crippen LogP contribution >= 0.6 is 23.2 Å². The first-order chi connectivity index (χ1) is 12.4. The van der Waals surface area contributed by atoms with E-state index in [0.717, 1.165) is 5.56 Å². The molecule has 0 radical (unpaired) electrons. The second-order valence-corrected chi connectivity index (χ2v) is 6.89. The largest absolute Gasteiger partial charge is 0.480 e. The van der Waals surface area contributed by atoms with Crippen LogP contribution in [0.1, 0.15) is 33.9 Å². The molecule has 6 nitrogen and oxygen atoms in total. The van der Waals surface area contributed by atoms with Crippen LogP contribution in [0.15, 0.2) is 36.4 Å². The van der Waals surface area contributed by atoms with Gasteiger partial charge in [-0.2, -0.15) is 0 Å². The van der Waals surface area contributed by atoms with Crippen molar-refractivity contribution in [2.45, 2.75) is 25.0 Å². The van der Waals surface area contributed by atoms with Crippen molar-refractivity contribution in [2.75, 3.05) is 5.32 Å². The fraction of sp³-hybridized carbons (Fsp3) is 0.222. The van der Waals surface area contributed by atoms with Crippen LogP contribution in [-0.4, -0.2) is 23.0 Å². The van der Waals surface area contributed by atoms with E-state index in [-0.39, 0.29) is 12.3 Å². The highest BCUT2D eigenvalue weighted by molar-refractivity contribution is 6.35. The maximum absolute atomic E-state index is 12.7. The van der Waals surface area contributed by atoms with Gasteiger partial charge in [0.15, 0.2) is 0 Å². The molecule has 0 spiro atoms. The van der Waals surface area contributed by atoms with Crippen molar-refractivity contribution in [1.29, 1.82) is 0 Å². The van der Waals surface area contributed by atoms with Gasteiger partial charge in [-0.15, -0.1) is 0 Å². The minimum Gasteiger partial charge on any atom is -0.480 e. The van der Waals surface area contributed by atoms with E-state index in [1.807, 2.05) is 6.07 Å². The number of benzene rings is 2. The van der Waals surface area contributed by atoms with Crippen LogP contribution in [0.3, 0.4) is 0 Å². The fourth-order valence-corrected chi connectivity index (χ4v) is 3.66. The van der Waals surface area contributed by atoms with E-state index in [2.05, 4.69) is 10.6 Å². The third kappa shape index (κ3) is 3.77. The van der Waals surface area contributed by atoms with Crippen molar-refractivity contribution in [1.82, 2.24) is 5.32 Å². The Labute approximate surface area is 160 Å². The van der Waals surface area contributed by atoms with Gasteiger partial charge in [-0.3, -0.25) is 4.79 Å². The van der Waals surface area contributed by atoms with Gasteiger partial charge >= 0.3 is 5.97 Å². The molecule has 2 aromatic carbocycles. The lowest BCUT2D eigenvalue weighted by Gasteiger charge is -2.32. The highest BCUT2D eigenvalue weighted by Crippen LogP contribution is 2.40. The Bertz CT molecular complexity index is 873. The summed E-state index contributed by atoms with van der Waals surface area (Å²) in [6.07, 6.45) is 0.159. The van der Waals surface area contributed by atoms with Gasteiger partial charge in [-0.1, -0.05) is 35.3 Å². The first kappa shape index (κ1) is 18.5. The molecule has 8 heteroatoms. The molecule has 5 N–H and O–H groups in total. The number of fused-ring (bicyclic) bond motifs is 1. The molecular formula is C18H17Cl2N3O3. The molecule has 2 atom stereocenters. The molecule has 1 heterocycles. The first-order valence-corrected chi connectivity index (χ1v) is 8.72. The number of carbonyl (C=O) groups is 2. The number of amides is 1. The predicted octanol–water partition coefficient (Wildman–Crippen LogP) is 3.19. The van der Waals surface area contributed by atoms with Gasteiger partial charge < -0.3 is 21.5 Å². The highest BCUT2D eigenvalue weighted by Gasteiger charge is 2.33. The highest BCUT2D eigenvalue weighted by atomic mass is 35.5. The Morgan fingerprint density at radius 1 is 1.27 bits per heavy atom. The van der Waals surface area contributed by atoms with Crippen molar-refractivity contribution in [3.05, 3.63) is 63.1 Å². The van der Waals surface area contributed by atoms with E-state index >= 15 is 0 Å². The summed E-state index contributed by atoms with van der Waals surface area (Å²) in [5, 5.41) is 15.9. The normalized spacial score (nSPS) is 18.6. The lowest BCUT2D eigenvalue weighted by Crippen LogP contribution is -2.41. The maximum Gasteiger partial charge on any atom is 0.326 e. The zero-order valence-electron chi connectivity index (χ0n) is 13.6. The van der Waals surface area contributed by atoms with Crippen molar-refractivity contribution < 1.29 is 14.7 Å². The number of aliphatic carboxylic acids is 1. The number of halogens is 2. The van der Waals surface area contributed by atoms with E-state index in [1.54, 1.807) is 30.3 Å². The number of anilines is 1. The molecule has 0 aliphatic carbocycles. The zero-order valence-corrected chi connectivity index (χ0v) is 15.1. The van der Waals surface area contributed by atoms with Crippen LogP contribution in [0.5, 0.6) is 0 Å². The molecule has 0 fully saturated rings. The number of carbonyl (C=O) groups excluding carboxylic acids is 1. The smallest absolute Gasteiger partial charge is 0.326 e. The van der Waals surface area contributed by atoms with E-state index in [9.17, 15) is 14.7 Å². The second-order valence-electron chi connectivity index (χ2n) is 6.05. The van der Waals surface area contributed by atoms with Gasteiger partial charge in [-0.25, -0.2) is 4.79 Å². The number of nitrogens with two attached hydrogens (primary N) is 1. The standard InChI is InChI=1S/C18H17Cl2N3O3/c19-11-5-12(20)16-13(6-11)22-15(18(25)26)7-14(16)23-17(24)10-3-1-2-9(4-10)8-21/h1-6,14-15,22H,7-8,21H2,(H,23,24)(H,25,26). The van der Waals surface area contributed by atoms with Gasteiger partial charge in [0.25, 0.3) is 5.91 Å². The third-order valence-electron chi connectivity index (χ3n) is 4.27. The van der Waals surface area contributed by atoms with Gasteiger partial charge in [0.05, 0.1) is 6.04 Å². The number of rotatable bonds is 4. The van der Waals surface area contributed by atoms with Crippen molar-refractivity contribution in [2.24, 2.45) is 5.73 Å². The van der Waals surface area contributed by atoms with Crippen molar-refractivity contribution >= 4 is 40.8 Å². The second kappa shape index (κ2) is 7.53. The third-order valence-corrected chi connectivity index (χ3v) is 4.80. The molecule has 26 heavy (non-hydrogen) atoms. The van der Waals surface area contributed by atoms with E-state index in [1.165, 1.54) is 0 Å². The molecular weight excluding hydrogens is 377 g/mol. The lowest BCUT2D eigenvalue weighted by atomic mass is 9.92. The van der Waals surface area contributed by atoms with Gasteiger partial charge in [0, 0.05) is 39.8 Å². The van der Waals surface area contributed by atoms with Crippen LogP contribution in [0.2, 0.25) is 10.0 Å². The lowest BCUT2D eigenvalue weighted by molar-refractivity contribution is -0.138. The first-order valence-electron chi connectivity index (χ1n) is 7.97. The van der Waals surface area contributed by atoms with E-state index < -0.39 is 18.1 Å². The summed E-state index contributed by atoms with van der Waals surface area (Å²) >= 11 is 12.3. The molecule has 0 aromatic heterocycles. The number of hydrogen-bond donors (Lipinski definition) is 4. The van der Waals surface area contributed by atoms with Crippen molar-refractivity contribution in [3.63, 3.8) is 0 Å². The van der Waals surface area contributed by atoms with Crippen LogP contribution in [-0.2, 0) is 11.3 Å². The summed E-state index contributed by atoms with van der Waals surface area (Å²) in [6.45, 7) is 0.322. The Kier molecular flexibility index (Phi) is 5.36. The molecule has 0 saturated heterocycles. The average molecular weight is 394 g/mol. The van der Waals surface area contributed by atoms with E-state index in [4.69, 9.17) is 28.9 Å². The molecule has 2 aromatic rings. The summed E-state index contributed by atoms with van der Waals surface area (Å²) < 4.78 is 0. The number of carboxylic acids is 1. The molecule has 3 rings (SSSR count). The summed E-state index contributed by atoms with van der Waals surface area (Å²) in [7, 11) is 0. The molecule has 136 valence electrons. The molecule has 2 unspecified atom stereocenters. The predicted molar refractivity (Wildman–Crippen MR) is 101 cm³/mol. The Morgan fingerprint density at radius 3 is 2.73 bits per heavy atom. The van der Waals surface area contributed by atoms with Crippen LogP contribution in [0.25, 0.3) is 0 Å². The zero-order chi connectivity index (χ0) is 18.8. The summed E-state index contributed by atoms with van der Waals surface area (Å²) in [5.74, 6) is -1.34. The van der Waals surface area contributed by atoms with Crippen LogP contribution < -0.4 is 16.4 Å². The number of carboxylic acid groups (broad SMARTS) is 1. The Hall–Kier alpha value is -2.28. The number of hydrogen-bond acceptors (Lipinski definition) is 4. The minimum atomic E-state index is -1.02. The van der Waals surface area contributed by atoms with Crippen molar-refractivity contribution in [3.8, 4) is 0 Å². The van der Waals surface area contributed by atoms with Gasteiger partial charge in [0.2, 0.25) is 0 Å². The van der Waals surface area contributed by atoms with Gasteiger partial charge in [-0.05, 0) is 29.8 Å². The van der Waals surface area contributed by atoms with Crippen LogP contribution in [0, 0.1) is 0 Å². The summed E-state index contributed by atoms with van der Waals surface area (Å²) in [5.41, 5.74) is 8.02. The Balaban J connectivity index is 1.93. The average Bonchev–Trinajstić information content (AvgIpc) is 2.60. The monoisotopic (exact) mass is 393 g/mol. The molecule has 1 aliphatic rings. The summed E-state index contributed by atoms with van der Waals surface area (Å²) in [4.78, 5) is 24.1. The fourth-order valence-electron chi connectivity index (χ4n) is 3.03. The summed E-state index contributed by atoms with van der Waals surface area (Å²) in [6, 6.07) is 8.70. The molecule has 0 saturated carbocycles. The molecule has 1 aliphatic heterocycles. The topological polar surface area (TPSA) is 104 Å². The van der Waals surface area contributed by atoms with Gasteiger partial charge in [0.1, 0.15) is 6.04 Å². The SMILES string of the molecule is NCc1cccc(C(=O)NC2CC(C(=O)O)Nc3cc(Cl)cc(Cl)c32)c1. The maximum atomic E-state index is 12.7. The van der Waals surface area contributed by atoms with Crippen LogP contribution in [0.4, 0.5) is 5.69 Å².